The Balaban J connectivity index is 1.63. The molecule has 2 N–H and O–H groups in total. The third-order valence-electron chi connectivity index (χ3n) is 6.63. The lowest BCUT2D eigenvalue weighted by molar-refractivity contribution is -0.0179. The SMILES string of the molecule is CCCCCCCCCCCCCCCOCCOCCOCCOCCOCCOCCOc1ccc(N)cc1. The summed E-state index contributed by atoms with van der Waals surface area (Å²) in [5.74, 6) is 0.785. The van der Waals surface area contributed by atoms with Gasteiger partial charge in [-0.25, -0.2) is 0 Å². The zero-order valence-electron chi connectivity index (χ0n) is 26.1. The van der Waals surface area contributed by atoms with Gasteiger partial charge in [-0.2, -0.15) is 0 Å². The van der Waals surface area contributed by atoms with Gasteiger partial charge < -0.3 is 38.9 Å². The minimum atomic E-state index is 0.491. The Morgan fingerprint density at radius 1 is 0.390 bits per heavy atom. The molecule has 0 spiro atoms. The molecule has 1 aromatic carbocycles. The van der Waals surface area contributed by atoms with Crippen LogP contribution in [0.3, 0.4) is 0 Å². The van der Waals surface area contributed by atoms with Gasteiger partial charge in [0.15, 0.2) is 0 Å². The molecule has 8 heteroatoms. The molecule has 0 saturated carbocycles. The van der Waals surface area contributed by atoms with E-state index in [4.69, 9.17) is 38.9 Å². The third-order valence-corrected chi connectivity index (χ3v) is 6.63. The van der Waals surface area contributed by atoms with E-state index in [1.165, 1.54) is 77.0 Å². The highest BCUT2D eigenvalue weighted by Gasteiger charge is 1.97. The topological polar surface area (TPSA) is 90.6 Å². The number of unbranched alkanes of at least 4 members (excludes halogenated alkanes) is 12. The smallest absolute Gasteiger partial charge is 0.119 e. The maximum absolute atomic E-state index is 5.66. The van der Waals surface area contributed by atoms with Crippen molar-refractivity contribution in [2.24, 2.45) is 0 Å². The highest BCUT2D eigenvalue weighted by Crippen LogP contribution is 2.13. The Morgan fingerprint density at radius 2 is 0.707 bits per heavy atom. The fourth-order valence-corrected chi connectivity index (χ4v) is 4.21. The van der Waals surface area contributed by atoms with Gasteiger partial charge in [-0.15, -0.1) is 0 Å². The van der Waals surface area contributed by atoms with Crippen molar-refractivity contribution in [2.75, 3.05) is 91.6 Å². The molecule has 0 aliphatic rings. The summed E-state index contributed by atoms with van der Waals surface area (Å²) in [6.45, 7) is 9.77. The molecule has 0 radical (unpaired) electrons. The lowest BCUT2D eigenvalue weighted by atomic mass is 10.0. The molecule has 0 atom stereocenters. The van der Waals surface area contributed by atoms with E-state index in [-0.39, 0.29) is 0 Å². The Kier molecular flexibility index (Phi) is 28.9. The van der Waals surface area contributed by atoms with E-state index in [0.29, 0.717) is 79.3 Å². The summed E-state index contributed by atoms with van der Waals surface area (Å²) in [5, 5.41) is 0. The van der Waals surface area contributed by atoms with Crippen LogP contribution in [-0.4, -0.2) is 85.9 Å². The minimum Gasteiger partial charge on any atom is -0.491 e. The Labute approximate surface area is 250 Å². The molecule has 8 nitrogen and oxygen atoms in total. The van der Waals surface area contributed by atoms with Crippen molar-refractivity contribution in [2.45, 2.75) is 90.4 Å². The summed E-state index contributed by atoms with van der Waals surface area (Å²) < 4.78 is 38.8. The van der Waals surface area contributed by atoms with Gasteiger partial charge in [-0.1, -0.05) is 84.0 Å². The first-order valence-corrected chi connectivity index (χ1v) is 16.3. The van der Waals surface area contributed by atoms with Crippen LogP contribution in [0.1, 0.15) is 90.4 Å². The fourth-order valence-electron chi connectivity index (χ4n) is 4.21. The van der Waals surface area contributed by atoms with Gasteiger partial charge in [-0.05, 0) is 30.7 Å². The van der Waals surface area contributed by atoms with Gasteiger partial charge >= 0.3 is 0 Å². The number of hydrogen-bond donors (Lipinski definition) is 1. The van der Waals surface area contributed by atoms with Gasteiger partial charge in [0.25, 0.3) is 0 Å². The van der Waals surface area contributed by atoms with E-state index in [0.717, 1.165) is 24.5 Å². The van der Waals surface area contributed by atoms with Gasteiger partial charge in [0, 0.05) is 12.3 Å². The van der Waals surface area contributed by atoms with Gasteiger partial charge in [0.2, 0.25) is 0 Å². The summed E-state index contributed by atoms with van der Waals surface area (Å²) in [6.07, 6.45) is 17.8. The van der Waals surface area contributed by atoms with E-state index in [9.17, 15) is 0 Å². The third kappa shape index (κ3) is 28.5. The molecule has 0 fully saturated rings. The molecule has 0 aliphatic carbocycles. The molecule has 0 aromatic heterocycles. The number of nitrogens with two attached hydrogens (primary N) is 1. The monoisotopic (exact) mass is 583 g/mol. The largest absolute Gasteiger partial charge is 0.491 e. The Hall–Kier alpha value is -1.42. The first kappa shape index (κ1) is 37.6. The van der Waals surface area contributed by atoms with Crippen LogP contribution < -0.4 is 10.5 Å². The number of nitrogen functional groups attached to an aromatic ring is 1. The Bertz CT molecular complexity index is 633. The Morgan fingerprint density at radius 3 is 1.10 bits per heavy atom. The normalized spacial score (nSPS) is 11.3. The molecule has 0 aliphatic heterocycles. The maximum atomic E-state index is 5.66. The highest BCUT2D eigenvalue weighted by atomic mass is 16.6. The molecular weight excluding hydrogens is 522 g/mol. The second-order valence-electron chi connectivity index (χ2n) is 10.3. The van der Waals surface area contributed by atoms with Crippen molar-refractivity contribution < 1.29 is 33.2 Å². The van der Waals surface area contributed by atoms with E-state index >= 15 is 0 Å². The number of rotatable bonds is 33. The number of anilines is 1. The van der Waals surface area contributed by atoms with Crippen LogP contribution in [0.4, 0.5) is 5.69 Å². The van der Waals surface area contributed by atoms with E-state index in [1.807, 2.05) is 24.3 Å². The second-order valence-corrected chi connectivity index (χ2v) is 10.3. The fraction of sp³-hybridized carbons (Fsp3) is 0.818. The molecular formula is C33H61NO7. The quantitative estimate of drug-likeness (QED) is 0.0711. The van der Waals surface area contributed by atoms with Crippen molar-refractivity contribution >= 4 is 5.69 Å². The van der Waals surface area contributed by atoms with Crippen molar-refractivity contribution in [3.05, 3.63) is 24.3 Å². The maximum Gasteiger partial charge on any atom is 0.119 e. The highest BCUT2D eigenvalue weighted by molar-refractivity contribution is 5.41. The van der Waals surface area contributed by atoms with Crippen molar-refractivity contribution in [3.63, 3.8) is 0 Å². The number of ether oxygens (including phenoxy) is 7. The summed E-state index contributed by atoms with van der Waals surface area (Å²) in [4.78, 5) is 0. The molecule has 41 heavy (non-hydrogen) atoms. The molecule has 0 amide bonds. The van der Waals surface area contributed by atoms with E-state index in [1.54, 1.807) is 0 Å². The van der Waals surface area contributed by atoms with Crippen LogP contribution >= 0.6 is 0 Å². The summed E-state index contributed by atoms with van der Waals surface area (Å²) in [5.41, 5.74) is 6.36. The predicted molar refractivity (Wildman–Crippen MR) is 167 cm³/mol. The molecule has 1 rings (SSSR count). The molecule has 0 unspecified atom stereocenters. The lowest BCUT2D eigenvalue weighted by Gasteiger charge is -2.09. The number of benzene rings is 1. The first-order chi connectivity index (χ1) is 20.3. The van der Waals surface area contributed by atoms with Crippen molar-refractivity contribution in [3.8, 4) is 5.75 Å². The van der Waals surface area contributed by atoms with Crippen LogP contribution in [0.5, 0.6) is 5.75 Å². The van der Waals surface area contributed by atoms with Crippen LogP contribution in [0.2, 0.25) is 0 Å². The standard InChI is InChI=1S/C33H61NO7/c1-2-3-4-5-6-7-8-9-10-11-12-13-14-19-35-20-21-36-22-23-37-24-25-38-26-27-39-28-29-40-30-31-41-33-17-15-32(34)16-18-33/h15-18H,2-14,19-31,34H2,1H3. The van der Waals surface area contributed by atoms with E-state index < -0.39 is 0 Å². The zero-order valence-corrected chi connectivity index (χ0v) is 26.1. The summed E-state index contributed by atoms with van der Waals surface area (Å²) in [7, 11) is 0. The van der Waals surface area contributed by atoms with Gasteiger partial charge in [-0.3, -0.25) is 0 Å². The molecule has 0 heterocycles. The van der Waals surface area contributed by atoms with E-state index in [2.05, 4.69) is 6.92 Å². The number of hydrogen-bond acceptors (Lipinski definition) is 8. The predicted octanol–water partition coefficient (Wildman–Crippen LogP) is 6.84. The van der Waals surface area contributed by atoms with Crippen LogP contribution in [-0.2, 0) is 28.4 Å². The van der Waals surface area contributed by atoms with Gasteiger partial charge in [0.05, 0.1) is 72.7 Å². The average Bonchev–Trinajstić information content (AvgIpc) is 2.98. The van der Waals surface area contributed by atoms with Crippen molar-refractivity contribution in [1.29, 1.82) is 0 Å². The molecule has 1 aromatic rings. The van der Waals surface area contributed by atoms with Gasteiger partial charge in [0.1, 0.15) is 12.4 Å². The average molecular weight is 584 g/mol. The zero-order chi connectivity index (χ0) is 29.3. The molecule has 0 bridgehead atoms. The summed E-state index contributed by atoms with van der Waals surface area (Å²) >= 11 is 0. The summed E-state index contributed by atoms with van der Waals surface area (Å²) in [6, 6.07) is 7.31. The molecule has 240 valence electrons. The van der Waals surface area contributed by atoms with Crippen LogP contribution in [0.25, 0.3) is 0 Å². The second kappa shape index (κ2) is 31.5. The first-order valence-electron chi connectivity index (χ1n) is 16.3. The van der Waals surface area contributed by atoms with Crippen molar-refractivity contribution in [1.82, 2.24) is 0 Å². The lowest BCUT2D eigenvalue weighted by Crippen LogP contribution is -2.14. The van der Waals surface area contributed by atoms with Crippen LogP contribution in [0, 0.1) is 0 Å². The minimum absolute atomic E-state index is 0.491. The van der Waals surface area contributed by atoms with Crippen LogP contribution in [0.15, 0.2) is 24.3 Å². The molecule has 0 saturated heterocycles.